The molecule has 0 radical (unpaired) electrons. The van der Waals surface area contributed by atoms with Gasteiger partial charge in [0.1, 0.15) is 0 Å². The van der Waals surface area contributed by atoms with E-state index in [1.165, 1.54) is 38.5 Å². The molecule has 2 fully saturated rings. The number of hydrogen-bond donors (Lipinski definition) is 0. The first-order chi connectivity index (χ1) is 13.5. The van der Waals surface area contributed by atoms with Gasteiger partial charge in [0.2, 0.25) is 11.6 Å². The van der Waals surface area contributed by atoms with Crippen molar-refractivity contribution >= 4 is 0 Å². The van der Waals surface area contributed by atoms with E-state index in [0.717, 1.165) is 42.6 Å². The Hall–Kier alpha value is -1.32. The van der Waals surface area contributed by atoms with Crippen molar-refractivity contribution in [2.45, 2.75) is 84.2 Å². The number of halogens is 2. The Bertz CT molecular complexity index is 674. The summed E-state index contributed by atoms with van der Waals surface area (Å²) in [6.07, 6.45) is 11.8. The zero-order chi connectivity index (χ0) is 19.7. The zero-order valence-corrected chi connectivity index (χ0v) is 17.3. The lowest BCUT2D eigenvalue weighted by Gasteiger charge is -2.37. The minimum absolute atomic E-state index is 0.0535. The van der Waals surface area contributed by atoms with Crippen LogP contribution in [0.3, 0.4) is 0 Å². The fraction of sp³-hybridized carbons (Fsp3) is 0.750. The summed E-state index contributed by atoms with van der Waals surface area (Å²) in [5.41, 5.74) is 0.724. The van der Waals surface area contributed by atoms with E-state index in [2.05, 4.69) is 6.92 Å². The van der Waals surface area contributed by atoms with E-state index in [9.17, 15) is 8.78 Å². The molecule has 28 heavy (non-hydrogen) atoms. The molecular weight excluding hydrogens is 358 g/mol. The van der Waals surface area contributed by atoms with E-state index >= 15 is 0 Å². The summed E-state index contributed by atoms with van der Waals surface area (Å²) in [5.74, 6) is 1.46. The van der Waals surface area contributed by atoms with Gasteiger partial charge < -0.3 is 9.47 Å². The standard InChI is InChI=1S/C24H34F2O2/c1-15-3-8-18(9-4-15)19-11-6-17(7-12-19)14-27-21-13-20-10-5-16(2)28-24(20)23(26)22(21)25/h13,15-19H,3-12,14H2,1-2H3. The van der Waals surface area contributed by atoms with Crippen molar-refractivity contribution in [1.29, 1.82) is 0 Å². The first-order valence-corrected chi connectivity index (χ1v) is 11.3. The Morgan fingerprint density at radius 1 is 0.893 bits per heavy atom. The average Bonchev–Trinajstić information content (AvgIpc) is 2.71. The molecule has 0 amide bonds. The molecule has 4 heteroatoms. The van der Waals surface area contributed by atoms with Crippen LogP contribution < -0.4 is 9.47 Å². The summed E-state index contributed by atoms with van der Waals surface area (Å²) in [6.45, 7) is 4.75. The topological polar surface area (TPSA) is 18.5 Å². The lowest BCUT2D eigenvalue weighted by molar-refractivity contribution is 0.123. The van der Waals surface area contributed by atoms with Crippen LogP contribution in [0.4, 0.5) is 8.78 Å². The van der Waals surface area contributed by atoms with Crippen LogP contribution >= 0.6 is 0 Å². The highest BCUT2D eigenvalue weighted by molar-refractivity contribution is 5.44. The smallest absolute Gasteiger partial charge is 0.204 e. The van der Waals surface area contributed by atoms with E-state index in [-0.39, 0.29) is 17.6 Å². The van der Waals surface area contributed by atoms with Crippen LogP contribution in [0, 0.1) is 35.3 Å². The number of hydrogen-bond acceptors (Lipinski definition) is 2. The third-order valence-corrected chi connectivity index (χ3v) is 7.44. The lowest BCUT2D eigenvalue weighted by atomic mass is 9.69. The van der Waals surface area contributed by atoms with Crippen LogP contribution in [-0.2, 0) is 6.42 Å². The van der Waals surface area contributed by atoms with Gasteiger partial charge >= 0.3 is 0 Å². The third kappa shape index (κ3) is 4.31. The SMILES string of the molecule is CC1CCC(C2CCC(COc3cc4c(c(F)c3F)OC(C)CC4)CC2)CC1. The Morgan fingerprint density at radius 2 is 1.54 bits per heavy atom. The highest BCUT2D eigenvalue weighted by atomic mass is 19.2. The number of benzene rings is 1. The number of ether oxygens (including phenoxy) is 2. The van der Waals surface area contributed by atoms with Crippen molar-refractivity contribution in [2.24, 2.45) is 23.7 Å². The molecule has 4 rings (SSSR count). The first-order valence-electron chi connectivity index (χ1n) is 11.3. The minimum atomic E-state index is -0.905. The molecule has 1 unspecified atom stereocenters. The second-order valence-electron chi connectivity index (χ2n) is 9.57. The van der Waals surface area contributed by atoms with Crippen LogP contribution in [0.2, 0.25) is 0 Å². The van der Waals surface area contributed by atoms with Gasteiger partial charge in [0.25, 0.3) is 0 Å². The molecule has 1 heterocycles. The van der Waals surface area contributed by atoms with Gasteiger partial charge in [-0.1, -0.05) is 19.8 Å². The van der Waals surface area contributed by atoms with Gasteiger partial charge in [-0.2, -0.15) is 8.78 Å². The van der Waals surface area contributed by atoms with Crippen LogP contribution in [0.15, 0.2) is 6.07 Å². The third-order valence-electron chi connectivity index (χ3n) is 7.44. The van der Waals surface area contributed by atoms with E-state index in [1.807, 2.05) is 6.92 Å². The molecule has 2 aliphatic carbocycles. The monoisotopic (exact) mass is 392 g/mol. The molecule has 2 nitrogen and oxygen atoms in total. The Labute approximate surface area is 168 Å². The van der Waals surface area contributed by atoms with Gasteiger partial charge in [0.15, 0.2) is 11.5 Å². The summed E-state index contributed by atoms with van der Waals surface area (Å²) >= 11 is 0. The molecule has 1 aromatic rings. The van der Waals surface area contributed by atoms with Crippen LogP contribution in [0.5, 0.6) is 11.5 Å². The molecule has 0 N–H and O–H groups in total. The van der Waals surface area contributed by atoms with Crippen LogP contribution in [0.25, 0.3) is 0 Å². The molecule has 0 aromatic heterocycles. The van der Waals surface area contributed by atoms with Crippen molar-refractivity contribution in [1.82, 2.24) is 0 Å². The van der Waals surface area contributed by atoms with E-state index in [1.54, 1.807) is 6.07 Å². The summed E-state index contributed by atoms with van der Waals surface area (Å²) in [7, 11) is 0. The largest absolute Gasteiger partial charge is 0.490 e. The van der Waals surface area contributed by atoms with Crippen molar-refractivity contribution in [2.75, 3.05) is 6.61 Å². The number of rotatable bonds is 4. The second-order valence-corrected chi connectivity index (χ2v) is 9.57. The fourth-order valence-electron chi connectivity index (χ4n) is 5.46. The van der Waals surface area contributed by atoms with Gasteiger partial charge in [-0.3, -0.25) is 0 Å². The molecular formula is C24H34F2O2. The summed E-state index contributed by atoms with van der Waals surface area (Å²) < 4.78 is 40.1. The molecule has 156 valence electrons. The predicted molar refractivity (Wildman–Crippen MR) is 107 cm³/mol. The fourth-order valence-corrected chi connectivity index (χ4v) is 5.46. The summed E-state index contributed by atoms with van der Waals surface area (Å²) in [4.78, 5) is 0. The quantitative estimate of drug-likeness (QED) is 0.568. The predicted octanol–water partition coefficient (Wildman–Crippen LogP) is 6.69. The molecule has 2 saturated carbocycles. The Kier molecular flexibility index (Phi) is 6.13. The lowest BCUT2D eigenvalue weighted by Crippen LogP contribution is -2.27. The molecule has 0 saturated heterocycles. The summed E-state index contributed by atoms with van der Waals surface area (Å²) in [5, 5.41) is 0. The average molecular weight is 393 g/mol. The van der Waals surface area contributed by atoms with Crippen molar-refractivity contribution in [3.05, 3.63) is 23.3 Å². The van der Waals surface area contributed by atoms with E-state index < -0.39 is 11.6 Å². The maximum Gasteiger partial charge on any atom is 0.204 e. The van der Waals surface area contributed by atoms with Gasteiger partial charge in [-0.25, -0.2) is 0 Å². The van der Waals surface area contributed by atoms with E-state index in [4.69, 9.17) is 9.47 Å². The highest BCUT2D eigenvalue weighted by Crippen LogP contribution is 2.42. The zero-order valence-electron chi connectivity index (χ0n) is 17.3. The maximum absolute atomic E-state index is 14.4. The van der Waals surface area contributed by atoms with Crippen molar-refractivity contribution < 1.29 is 18.3 Å². The van der Waals surface area contributed by atoms with Gasteiger partial charge in [-0.15, -0.1) is 0 Å². The molecule has 1 aromatic carbocycles. The molecule has 1 aliphatic heterocycles. The molecule has 0 bridgehead atoms. The Morgan fingerprint density at radius 3 is 2.21 bits per heavy atom. The Balaban J connectivity index is 1.30. The van der Waals surface area contributed by atoms with Crippen molar-refractivity contribution in [3.63, 3.8) is 0 Å². The minimum Gasteiger partial charge on any atom is -0.490 e. The second kappa shape index (κ2) is 8.59. The van der Waals surface area contributed by atoms with Gasteiger partial charge in [-0.05, 0) is 88.0 Å². The summed E-state index contributed by atoms with van der Waals surface area (Å²) in [6, 6.07) is 1.65. The normalized spacial score (nSPS) is 33.1. The van der Waals surface area contributed by atoms with Crippen molar-refractivity contribution in [3.8, 4) is 11.5 Å². The van der Waals surface area contributed by atoms with Crippen LogP contribution in [-0.4, -0.2) is 12.7 Å². The van der Waals surface area contributed by atoms with Gasteiger partial charge in [0.05, 0.1) is 12.7 Å². The van der Waals surface area contributed by atoms with Crippen LogP contribution in [0.1, 0.15) is 77.2 Å². The molecule has 0 spiro atoms. The van der Waals surface area contributed by atoms with E-state index in [0.29, 0.717) is 18.9 Å². The first kappa shape index (κ1) is 20.0. The number of fused-ring (bicyclic) bond motifs is 1. The molecule has 1 atom stereocenters. The van der Waals surface area contributed by atoms with Gasteiger partial charge in [0, 0.05) is 5.56 Å². The number of aryl methyl sites for hydroxylation is 1. The maximum atomic E-state index is 14.4. The molecule has 3 aliphatic rings. The highest BCUT2D eigenvalue weighted by Gasteiger charge is 2.31.